The highest BCUT2D eigenvalue weighted by Crippen LogP contribution is 2.56. The van der Waals surface area contributed by atoms with Crippen molar-refractivity contribution in [2.75, 3.05) is 0 Å². The number of hydrogen-bond acceptors (Lipinski definition) is 3. The van der Waals surface area contributed by atoms with Crippen molar-refractivity contribution in [1.82, 2.24) is 5.32 Å². The first-order valence-electron chi connectivity index (χ1n) is 9.53. The van der Waals surface area contributed by atoms with E-state index in [0.29, 0.717) is 18.2 Å². The Bertz CT molecular complexity index is 899. The van der Waals surface area contributed by atoms with Gasteiger partial charge in [0.25, 0.3) is 0 Å². The fraction of sp³-hybridized carbons (Fsp3) is 0.524. The zero-order valence-corrected chi connectivity index (χ0v) is 16.1. The van der Waals surface area contributed by atoms with Gasteiger partial charge in [0.2, 0.25) is 0 Å². The van der Waals surface area contributed by atoms with Crippen LogP contribution >= 0.6 is 0 Å². The summed E-state index contributed by atoms with van der Waals surface area (Å²) in [6.07, 6.45) is -2.77. The Morgan fingerprint density at radius 3 is 2.52 bits per heavy atom. The Hall–Kier alpha value is -2.56. The fourth-order valence-electron chi connectivity index (χ4n) is 4.64. The molecule has 0 bridgehead atoms. The molecule has 29 heavy (non-hydrogen) atoms. The number of nitriles is 1. The Morgan fingerprint density at radius 1 is 1.38 bits per heavy atom. The molecule has 0 aromatic heterocycles. The van der Waals surface area contributed by atoms with Crippen LogP contribution in [0.4, 0.5) is 17.6 Å². The quantitative estimate of drug-likeness (QED) is 0.672. The number of benzene rings is 1. The molecule has 3 rings (SSSR count). The van der Waals surface area contributed by atoms with Gasteiger partial charge in [0.05, 0.1) is 22.6 Å². The van der Waals surface area contributed by atoms with Gasteiger partial charge in [-0.2, -0.15) is 18.4 Å². The lowest BCUT2D eigenvalue weighted by Crippen LogP contribution is -2.57. The molecule has 8 heteroatoms. The lowest BCUT2D eigenvalue weighted by Gasteiger charge is -2.48. The number of allylic oxidation sites excluding steroid dienone is 2. The summed E-state index contributed by atoms with van der Waals surface area (Å²) < 4.78 is 55.1. The minimum atomic E-state index is -4.89. The highest BCUT2D eigenvalue weighted by atomic mass is 19.4. The van der Waals surface area contributed by atoms with E-state index in [0.717, 1.165) is 25.0 Å². The maximum Gasteiger partial charge on any atom is 0.416 e. The summed E-state index contributed by atoms with van der Waals surface area (Å²) in [5, 5.41) is 23.1. The normalized spacial score (nSPS) is 27.3. The second-order valence-corrected chi connectivity index (χ2v) is 7.91. The number of carbonyl (C=O) groups is 1. The molecular weight excluding hydrogens is 388 g/mol. The number of carboxylic acids is 1. The second-order valence-electron chi connectivity index (χ2n) is 7.91. The molecule has 156 valence electrons. The van der Waals surface area contributed by atoms with E-state index in [4.69, 9.17) is 0 Å². The van der Waals surface area contributed by atoms with E-state index in [2.05, 4.69) is 5.32 Å². The zero-order valence-electron chi connectivity index (χ0n) is 16.1. The van der Waals surface area contributed by atoms with Crippen LogP contribution in [0.25, 0.3) is 0 Å². The SMILES string of the molecule is CCC1NC(C)=C(C#N)C(c2ccc(F)cc2C(F)(F)F)C1(CC1CC1)C(=O)O. The minimum absolute atomic E-state index is 0.0464. The average Bonchev–Trinajstić information content (AvgIpc) is 3.45. The van der Waals surface area contributed by atoms with Crippen molar-refractivity contribution >= 4 is 5.97 Å². The first kappa shape index (κ1) is 21.2. The van der Waals surface area contributed by atoms with Crippen LogP contribution in [0.1, 0.15) is 56.6 Å². The molecule has 3 atom stereocenters. The van der Waals surface area contributed by atoms with E-state index < -0.39 is 40.9 Å². The second kappa shape index (κ2) is 7.36. The molecule has 1 aromatic carbocycles. The fourth-order valence-corrected chi connectivity index (χ4v) is 4.64. The lowest BCUT2D eigenvalue weighted by atomic mass is 9.58. The molecule has 1 fully saturated rings. The Balaban J connectivity index is 2.35. The molecule has 4 nitrogen and oxygen atoms in total. The summed E-state index contributed by atoms with van der Waals surface area (Å²) in [7, 11) is 0. The van der Waals surface area contributed by atoms with Gasteiger partial charge in [-0.05, 0) is 43.4 Å². The van der Waals surface area contributed by atoms with Gasteiger partial charge < -0.3 is 10.4 Å². The van der Waals surface area contributed by atoms with E-state index in [1.54, 1.807) is 13.8 Å². The van der Waals surface area contributed by atoms with Gasteiger partial charge in [0.1, 0.15) is 5.82 Å². The average molecular weight is 410 g/mol. The number of halogens is 4. The Morgan fingerprint density at radius 2 is 2.03 bits per heavy atom. The van der Waals surface area contributed by atoms with Crippen LogP contribution in [-0.4, -0.2) is 17.1 Å². The van der Waals surface area contributed by atoms with Crippen LogP contribution in [0.3, 0.4) is 0 Å². The third-order valence-corrected chi connectivity index (χ3v) is 6.10. The van der Waals surface area contributed by atoms with E-state index in [9.17, 15) is 32.7 Å². The van der Waals surface area contributed by atoms with Gasteiger partial charge in [-0.1, -0.05) is 25.8 Å². The summed E-state index contributed by atoms with van der Waals surface area (Å²) in [6.45, 7) is 3.33. The number of aliphatic carboxylic acids is 1. The zero-order chi connectivity index (χ0) is 21.6. The predicted octanol–water partition coefficient (Wildman–Crippen LogP) is 4.98. The Labute approximate surface area is 166 Å². The minimum Gasteiger partial charge on any atom is -0.481 e. The van der Waals surface area contributed by atoms with Crippen molar-refractivity contribution < 1.29 is 27.5 Å². The summed E-state index contributed by atoms with van der Waals surface area (Å²) >= 11 is 0. The van der Waals surface area contributed by atoms with E-state index in [-0.39, 0.29) is 23.5 Å². The van der Waals surface area contributed by atoms with Crippen LogP contribution in [0, 0.1) is 28.5 Å². The van der Waals surface area contributed by atoms with Crippen molar-refractivity contribution in [1.29, 1.82) is 5.26 Å². The van der Waals surface area contributed by atoms with Crippen LogP contribution in [0.2, 0.25) is 0 Å². The molecule has 1 saturated carbocycles. The van der Waals surface area contributed by atoms with Gasteiger partial charge >= 0.3 is 12.1 Å². The molecule has 1 aliphatic heterocycles. The molecule has 0 spiro atoms. The molecule has 1 aliphatic carbocycles. The third kappa shape index (κ3) is 3.59. The number of carboxylic acid groups (broad SMARTS) is 1. The highest BCUT2D eigenvalue weighted by Gasteiger charge is 2.59. The summed E-state index contributed by atoms with van der Waals surface area (Å²) in [4.78, 5) is 12.7. The van der Waals surface area contributed by atoms with Crippen LogP contribution in [0.5, 0.6) is 0 Å². The smallest absolute Gasteiger partial charge is 0.416 e. The molecular formula is C21H22F4N2O2. The van der Waals surface area contributed by atoms with Crippen molar-refractivity contribution in [3.05, 3.63) is 46.4 Å². The van der Waals surface area contributed by atoms with Gasteiger partial charge in [-0.15, -0.1) is 0 Å². The van der Waals surface area contributed by atoms with Gasteiger partial charge in [-0.3, -0.25) is 4.79 Å². The largest absolute Gasteiger partial charge is 0.481 e. The van der Waals surface area contributed by atoms with E-state index >= 15 is 0 Å². The maximum atomic E-state index is 13.8. The van der Waals surface area contributed by atoms with E-state index in [1.165, 1.54) is 0 Å². The van der Waals surface area contributed by atoms with Crippen molar-refractivity contribution in [2.45, 2.75) is 57.7 Å². The molecule has 2 N–H and O–H groups in total. The van der Waals surface area contributed by atoms with Gasteiger partial charge in [-0.25, -0.2) is 4.39 Å². The molecule has 1 heterocycles. The predicted molar refractivity (Wildman–Crippen MR) is 97.1 cm³/mol. The highest BCUT2D eigenvalue weighted by molar-refractivity contribution is 5.80. The molecule has 3 unspecified atom stereocenters. The molecule has 0 radical (unpaired) electrons. The molecule has 1 aromatic rings. The van der Waals surface area contributed by atoms with Crippen LogP contribution in [0.15, 0.2) is 29.5 Å². The number of hydrogen-bond donors (Lipinski definition) is 2. The Kier molecular flexibility index (Phi) is 5.37. The number of nitrogens with one attached hydrogen (secondary N) is 1. The summed E-state index contributed by atoms with van der Waals surface area (Å²) in [5.74, 6) is -3.55. The van der Waals surface area contributed by atoms with Crippen molar-refractivity contribution in [3.63, 3.8) is 0 Å². The van der Waals surface area contributed by atoms with E-state index in [1.807, 2.05) is 6.07 Å². The lowest BCUT2D eigenvalue weighted by molar-refractivity contribution is -0.155. The molecule has 0 saturated heterocycles. The first-order chi connectivity index (χ1) is 13.6. The van der Waals surface area contributed by atoms with Crippen LogP contribution < -0.4 is 5.32 Å². The van der Waals surface area contributed by atoms with Crippen LogP contribution in [-0.2, 0) is 11.0 Å². The number of nitrogens with zero attached hydrogens (tertiary/aromatic N) is 1. The monoisotopic (exact) mass is 410 g/mol. The standard InChI is InChI=1S/C21H22F4N2O2/c1-3-17-20(19(28)29,9-12-4-5-12)18(15(10-26)11(2)27-17)14-7-6-13(22)8-16(14)21(23,24)25/h6-8,12,17-18,27H,3-5,9H2,1-2H3,(H,28,29). The molecule has 2 aliphatic rings. The van der Waals surface area contributed by atoms with Gasteiger partial charge in [0.15, 0.2) is 0 Å². The summed E-state index contributed by atoms with van der Waals surface area (Å²) in [6, 6.07) is 3.53. The topological polar surface area (TPSA) is 73.1 Å². The molecule has 0 amide bonds. The third-order valence-electron chi connectivity index (χ3n) is 6.10. The van der Waals surface area contributed by atoms with Crippen molar-refractivity contribution in [2.24, 2.45) is 11.3 Å². The van der Waals surface area contributed by atoms with Gasteiger partial charge in [0, 0.05) is 17.7 Å². The number of alkyl halides is 3. The maximum absolute atomic E-state index is 13.8. The van der Waals surface area contributed by atoms with Crippen molar-refractivity contribution in [3.8, 4) is 6.07 Å². The first-order valence-corrected chi connectivity index (χ1v) is 9.53. The number of rotatable bonds is 5. The summed E-state index contributed by atoms with van der Waals surface area (Å²) in [5.41, 5.74) is -2.93.